The Bertz CT molecular complexity index is 1490. The summed E-state index contributed by atoms with van der Waals surface area (Å²) in [6, 6.07) is 37.1. The SMILES string of the molecule is CCOC(=O)C[C@@]1(N[S@](=O)C(C)(C)C)C(=O)N(C(c2ccccc2)(c2ccccc2)c2ccccc2)c2ccccc21. The van der Waals surface area contributed by atoms with Crippen LogP contribution in [-0.4, -0.2) is 27.4 Å². The van der Waals surface area contributed by atoms with Crippen molar-refractivity contribution in [3.63, 3.8) is 0 Å². The number of esters is 1. The molecule has 6 nitrogen and oxygen atoms in total. The number of hydrogen-bond donors (Lipinski definition) is 1. The molecule has 1 aliphatic heterocycles. The molecular weight excluding hydrogens is 544 g/mol. The highest BCUT2D eigenvalue weighted by Gasteiger charge is 2.60. The second-order valence-electron chi connectivity index (χ2n) is 11.3. The van der Waals surface area contributed by atoms with Gasteiger partial charge in [0.05, 0.1) is 34.4 Å². The standard InChI is InChI=1S/C35H36N2O4S/c1-5-41-31(38)25-34(36-42(40)33(2,3)4)29-23-15-16-24-30(29)37(32(34)39)35(26-17-9-6-10-18-26,27-19-11-7-12-20-27)28-21-13-8-14-22-28/h6-24,36H,5,25H2,1-4H3/t34-,42+/m0/s1. The van der Waals surface area contributed by atoms with Crippen LogP contribution in [0.5, 0.6) is 0 Å². The summed E-state index contributed by atoms with van der Waals surface area (Å²) in [5.41, 5.74) is 1.05. The highest BCUT2D eigenvalue weighted by atomic mass is 32.2. The van der Waals surface area contributed by atoms with E-state index >= 15 is 4.79 Å². The quantitative estimate of drug-likeness (QED) is 0.188. The van der Waals surface area contributed by atoms with Gasteiger partial charge in [0.25, 0.3) is 5.91 Å². The molecule has 1 N–H and O–H groups in total. The first-order chi connectivity index (χ1) is 20.2. The Labute approximate surface area is 250 Å². The van der Waals surface area contributed by atoms with E-state index in [-0.39, 0.29) is 18.9 Å². The van der Waals surface area contributed by atoms with Gasteiger partial charge in [-0.05, 0) is 50.5 Å². The van der Waals surface area contributed by atoms with E-state index in [2.05, 4.69) is 4.72 Å². The van der Waals surface area contributed by atoms with Crippen LogP contribution in [0.4, 0.5) is 5.69 Å². The molecule has 0 bridgehead atoms. The van der Waals surface area contributed by atoms with E-state index in [1.807, 2.05) is 136 Å². The number of ether oxygens (including phenoxy) is 1. The summed E-state index contributed by atoms with van der Waals surface area (Å²) in [7, 11) is -1.70. The van der Waals surface area contributed by atoms with Gasteiger partial charge in [0.15, 0.2) is 0 Å². The summed E-state index contributed by atoms with van der Waals surface area (Å²) in [4.78, 5) is 30.4. The number of carbonyl (C=O) groups is 2. The normalized spacial score (nSPS) is 17.5. The maximum atomic E-state index is 15.4. The Morgan fingerprint density at radius 2 is 1.24 bits per heavy atom. The number of para-hydroxylation sites is 1. The molecule has 4 aromatic carbocycles. The predicted molar refractivity (Wildman–Crippen MR) is 167 cm³/mol. The van der Waals surface area contributed by atoms with Crippen molar-refractivity contribution in [2.24, 2.45) is 0 Å². The first-order valence-corrected chi connectivity index (χ1v) is 15.3. The van der Waals surface area contributed by atoms with Crippen molar-refractivity contribution in [3.05, 3.63) is 138 Å². The summed E-state index contributed by atoms with van der Waals surface area (Å²) >= 11 is 0. The largest absolute Gasteiger partial charge is 0.466 e. The van der Waals surface area contributed by atoms with Crippen molar-refractivity contribution >= 4 is 28.5 Å². The van der Waals surface area contributed by atoms with Crippen LogP contribution < -0.4 is 9.62 Å². The van der Waals surface area contributed by atoms with Crippen LogP contribution in [0.3, 0.4) is 0 Å². The summed E-state index contributed by atoms with van der Waals surface area (Å²) in [6.45, 7) is 7.39. The molecular formula is C35H36N2O4S. The molecule has 42 heavy (non-hydrogen) atoms. The molecule has 1 amide bonds. The van der Waals surface area contributed by atoms with Crippen molar-refractivity contribution in [1.29, 1.82) is 0 Å². The van der Waals surface area contributed by atoms with Crippen molar-refractivity contribution in [2.45, 2.75) is 49.9 Å². The Balaban J connectivity index is 1.87. The molecule has 5 rings (SSSR count). The van der Waals surface area contributed by atoms with E-state index in [9.17, 15) is 9.00 Å². The van der Waals surface area contributed by atoms with Gasteiger partial charge >= 0.3 is 5.97 Å². The van der Waals surface area contributed by atoms with Crippen LogP contribution in [0.15, 0.2) is 115 Å². The Kier molecular flexibility index (Phi) is 8.17. The molecule has 4 aromatic rings. The molecule has 0 saturated heterocycles. The molecule has 0 unspecified atom stereocenters. The third kappa shape index (κ3) is 4.97. The third-order valence-electron chi connectivity index (χ3n) is 7.62. The minimum Gasteiger partial charge on any atom is -0.466 e. The zero-order valence-corrected chi connectivity index (χ0v) is 25.2. The van der Waals surface area contributed by atoms with Crippen LogP contribution >= 0.6 is 0 Å². The molecule has 1 aliphatic rings. The number of rotatable bonds is 9. The first kappa shape index (κ1) is 29.4. The van der Waals surface area contributed by atoms with Gasteiger partial charge in [-0.25, -0.2) is 8.93 Å². The lowest BCUT2D eigenvalue weighted by Gasteiger charge is -2.45. The molecule has 0 aliphatic carbocycles. The van der Waals surface area contributed by atoms with E-state index < -0.39 is 32.8 Å². The van der Waals surface area contributed by atoms with Crippen LogP contribution in [0.1, 0.15) is 56.4 Å². The van der Waals surface area contributed by atoms with Gasteiger partial charge in [0.2, 0.25) is 0 Å². The Morgan fingerprint density at radius 1 is 0.786 bits per heavy atom. The van der Waals surface area contributed by atoms with E-state index in [1.54, 1.807) is 11.8 Å². The van der Waals surface area contributed by atoms with Crippen molar-refractivity contribution in [1.82, 2.24) is 4.72 Å². The van der Waals surface area contributed by atoms with E-state index in [4.69, 9.17) is 4.74 Å². The molecule has 0 radical (unpaired) electrons. The molecule has 0 saturated carbocycles. The maximum absolute atomic E-state index is 15.4. The number of anilines is 1. The number of carbonyl (C=O) groups excluding carboxylic acids is 2. The topological polar surface area (TPSA) is 75.7 Å². The third-order valence-corrected chi connectivity index (χ3v) is 9.27. The molecule has 216 valence electrons. The molecule has 0 aromatic heterocycles. The van der Waals surface area contributed by atoms with Gasteiger partial charge < -0.3 is 4.74 Å². The van der Waals surface area contributed by atoms with Gasteiger partial charge in [-0.15, -0.1) is 0 Å². The van der Waals surface area contributed by atoms with Gasteiger partial charge in [0.1, 0.15) is 11.1 Å². The number of nitrogens with one attached hydrogen (secondary N) is 1. The number of benzene rings is 4. The fourth-order valence-electron chi connectivity index (χ4n) is 5.75. The maximum Gasteiger partial charge on any atom is 0.308 e. The van der Waals surface area contributed by atoms with Crippen LogP contribution in [-0.2, 0) is 36.4 Å². The van der Waals surface area contributed by atoms with Crippen LogP contribution in [0.25, 0.3) is 0 Å². The Morgan fingerprint density at radius 3 is 1.69 bits per heavy atom. The molecule has 2 atom stereocenters. The summed E-state index contributed by atoms with van der Waals surface area (Å²) in [5.74, 6) is -0.934. The predicted octanol–water partition coefficient (Wildman–Crippen LogP) is 6.23. The van der Waals surface area contributed by atoms with E-state index in [0.717, 1.165) is 16.7 Å². The number of nitrogens with zero attached hydrogens (tertiary/aromatic N) is 1. The van der Waals surface area contributed by atoms with Crippen molar-refractivity contribution in [2.75, 3.05) is 11.5 Å². The number of amides is 1. The van der Waals surface area contributed by atoms with Gasteiger partial charge in [-0.1, -0.05) is 109 Å². The lowest BCUT2D eigenvalue weighted by molar-refractivity contribution is -0.147. The lowest BCUT2D eigenvalue weighted by Crippen LogP contribution is -2.59. The average molecular weight is 581 g/mol. The van der Waals surface area contributed by atoms with Gasteiger partial charge in [-0.3, -0.25) is 14.5 Å². The molecule has 0 fully saturated rings. The molecule has 0 spiro atoms. The summed E-state index contributed by atoms with van der Waals surface area (Å²) in [5, 5.41) is 0. The second kappa shape index (κ2) is 11.7. The van der Waals surface area contributed by atoms with E-state index in [1.165, 1.54) is 0 Å². The fourth-order valence-corrected chi connectivity index (χ4v) is 6.64. The summed E-state index contributed by atoms with van der Waals surface area (Å²) < 4.78 is 21.6. The summed E-state index contributed by atoms with van der Waals surface area (Å²) in [6.07, 6.45) is -0.316. The van der Waals surface area contributed by atoms with E-state index in [0.29, 0.717) is 11.3 Å². The smallest absolute Gasteiger partial charge is 0.308 e. The highest BCUT2D eigenvalue weighted by Crippen LogP contribution is 2.53. The van der Waals surface area contributed by atoms with Gasteiger partial charge in [-0.2, -0.15) is 0 Å². The number of fused-ring (bicyclic) bond motifs is 1. The molecule has 1 heterocycles. The first-order valence-electron chi connectivity index (χ1n) is 14.1. The number of hydrogen-bond acceptors (Lipinski definition) is 4. The minimum atomic E-state index is -1.70. The fraction of sp³-hybridized carbons (Fsp3) is 0.257. The molecule has 7 heteroatoms. The van der Waals surface area contributed by atoms with Crippen molar-refractivity contribution in [3.8, 4) is 0 Å². The second-order valence-corrected chi connectivity index (χ2v) is 13.3. The zero-order chi connectivity index (χ0) is 30.0. The monoisotopic (exact) mass is 580 g/mol. The van der Waals surface area contributed by atoms with Crippen molar-refractivity contribution < 1.29 is 18.5 Å². The van der Waals surface area contributed by atoms with Crippen LogP contribution in [0, 0.1) is 0 Å². The lowest BCUT2D eigenvalue weighted by atomic mass is 9.75. The minimum absolute atomic E-state index is 0.165. The zero-order valence-electron chi connectivity index (χ0n) is 24.4. The van der Waals surface area contributed by atoms with Crippen LogP contribution in [0.2, 0.25) is 0 Å². The average Bonchev–Trinajstić information content (AvgIpc) is 3.22. The highest BCUT2D eigenvalue weighted by molar-refractivity contribution is 7.84. The van der Waals surface area contributed by atoms with Gasteiger partial charge in [0, 0.05) is 5.56 Å². The Hall–Kier alpha value is -4.07.